The van der Waals surface area contributed by atoms with Crippen LogP contribution in [0.5, 0.6) is 5.75 Å². The molecule has 2 N–H and O–H groups in total. The third-order valence-corrected chi connectivity index (χ3v) is 4.70. The van der Waals surface area contributed by atoms with Crippen molar-refractivity contribution in [3.63, 3.8) is 0 Å². The normalized spacial score (nSPS) is 16.4. The van der Waals surface area contributed by atoms with E-state index in [1.54, 1.807) is 30.3 Å². The van der Waals surface area contributed by atoms with Gasteiger partial charge in [-0.15, -0.1) is 0 Å². The first kappa shape index (κ1) is 20.8. The molecule has 0 bridgehead atoms. The Balaban J connectivity index is 1.88. The van der Waals surface area contributed by atoms with E-state index in [0.717, 1.165) is 16.0 Å². The Hall–Kier alpha value is -3.94. The molecular weight excluding hydrogens is 388 g/mol. The molecule has 4 amide bonds. The number of ether oxygens (including phenoxy) is 1. The number of hydrogen-bond donors (Lipinski definition) is 2. The smallest absolute Gasteiger partial charge is 0.344 e. The van der Waals surface area contributed by atoms with Gasteiger partial charge in [0.05, 0.1) is 5.69 Å². The second kappa shape index (κ2) is 8.20. The number of amides is 4. The summed E-state index contributed by atoms with van der Waals surface area (Å²) in [5.74, 6) is -2.28. The van der Waals surface area contributed by atoms with Crippen LogP contribution < -0.4 is 15.0 Å². The van der Waals surface area contributed by atoms with Gasteiger partial charge in [0.25, 0.3) is 11.8 Å². The summed E-state index contributed by atoms with van der Waals surface area (Å²) in [7, 11) is 0. The van der Waals surface area contributed by atoms with E-state index >= 15 is 0 Å². The molecule has 1 aliphatic rings. The second-order valence-corrected chi connectivity index (χ2v) is 6.89. The highest BCUT2D eigenvalue weighted by atomic mass is 16.5. The van der Waals surface area contributed by atoms with Crippen molar-refractivity contribution in [3.8, 4) is 5.75 Å². The van der Waals surface area contributed by atoms with Crippen LogP contribution in [0.25, 0.3) is 6.08 Å². The van der Waals surface area contributed by atoms with E-state index in [9.17, 15) is 19.2 Å². The summed E-state index contributed by atoms with van der Waals surface area (Å²) in [6.07, 6.45) is 0.347. The monoisotopic (exact) mass is 408 g/mol. The molecule has 0 spiro atoms. The zero-order valence-electron chi connectivity index (χ0n) is 16.6. The highest BCUT2D eigenvalue weighted by Crippen LogP contribution is 2.24. The van der Waals surface area contributed by atoms with Crippen LogP contribution in [-0.4, -0.2) is 35.0 Å². The number of nitrogens with zero attached hydrogens (tertiary/aromatic N) is 1. The Bertz CT molecular complexity index is 1070. The number of anilines is 1. The molecule has 1 heterocycles. The highest BCUT2D eigenvalue weighted by molar-refractivity contribution is 6.39. The van der Waals surface area contributed by atoms with Crippen LogP contribution in [0.15, 0.2) is 48.0 Å². The molecule has 2 aromatic rings. The molecule has 0 aromatic heterocycles. The molecule has 1 fully saturated rings. The van der Waals surface area contributed by atoms with Gasteiger partial charge < -0.3 is 9.84 Å². The maximum absolute atomic E-state index is 12.9. The van der Waals surface area contributed by atoms with Gasteiger partial charge in [0, 0.05) is 0 Å². The summed E-state index contributed by atoms with van der Waals surface area (Å²) in [6.45, 7) is 5.18. The van der Waals surface area contributed by atoms with E-state index in [2.05, 4.69) is 5.32 Å². The Morgan fingerprint density at radius 1 is 1.07 bits per heavy atom. The number of nitrogens with one attached hydrogen (secondary N) is 1. The maximum atomic E-state index is 12.9. The lowest BCUT2D eigenvalue weighted by Crippen LogP contribution is -2.54. The predicted octanol–water partition coefficient (Wildman–Crippen LogP) is 2.82. The molecule has 2 aromatic carbocycles. The first-order chi connectivity index (χ1) is 14.2. The first-order valence-corrected chi connectivity index (χ1v) is 9.15. The van der Waals surface area contributed by atoms with Gasteiger partial charge in [0.2, 0.25) is 0 Å². The Morgan fingerprint density at radius 2 is 1.73 bits per heavy atom. The summed E-state index contributed by atoms with van der Waals surface area (Å²) in [5.41, 5.74) is 2.60. The number of carbonyl (C=O) groups is 4. The molecule has 1 aliphatic heterocycles. The van der Waals surface area contributed by atoms with Gasteiger partial charge in [-0.1, -0.05) is 18.2 Å². The minimum Gasteiger partial charge on any atom is -0.479 e. The molecule has 1 saturated heterocycles. The third-order valence-electron chi connectivity index (χ3n) is 4.70. The van der Waals surface area contributed by atoms with Gasteiger partial charge in [-0.2, -0.15) is 0 Å². The van der Waals surface area contributed by atoms with Crippen LogP contribution in [0.1, 0.15) is 23.6 Å². The van der Waals surface area contributed by atoms with Crippen LogP contribution in [0.4, 0.5) is 10.5 Å². The van der Waals surface area contributed by atoms with Crippen molar-refractivity contribution in [1.82, 2.24) is 5.32 Å². The topological polar surface area (TPSA) is 113 Å². The fourth-order valence-electron chi connectivity index (χ4n) is 2.82. The average molecular weight is 408 g/mol. The van der Waals surface area contributed by atoms with Crippen molar-refractivity contribution in [2.45, 2.75) is 26.9 Å². The molecule has 0 saturated carbocycles. The minimum atomic E-state index is -1.10. The van der Waals surface area contributed by atoms with Gasteiger partial charge in [0.1, 0.15) is 11.3 Å². The second-order valence-electron chi connectivity index (χ2n) is 6.89. The first-order valence-electron chi connectivity index (χ1n) is 9.15. The Morgan fingerprint density at radius 3 is 2.33 bits per heavy atom. The predicted molar refractivity (Wildman–Crippen MR) is 109 cm³/mol. The van der Waals surface area contributed by atoms with E-state index in [4.69, 9.17) is 9.84 Å². The Kier molecular flexibility index (Phi) is 5.68. The number of aryl methyl sites for hydroxylation is 2. The van der Waals surface area contributed by atoms with Crippen molar-refractivity contribution in [2.75, 3.05) is 4.90 Å². The lowest BCUT2D eigenvalue weighted by molar-refractivity contribution is -0.144. The molecule has 3 rings (SSSR count). The number of carboxylic acids is 1. The van der Waals surface area contributed by atoms with Gasteiger partial charge in [-0.05, 0) is 67.8 Å². The van der Waals surface area contributed by atoms with Crippen molar-refractivity contribution in [3.05, 3.63) is 64.7 Å². The van der Waals surface area contributed by atoms with E-state index < -0.39 is 29.9 Å². The quantitative estimate of drug-likeness (QED) is 0.581. The SMILES string of the molecule is Cc1ccc(N2C(=O)NC(=O)/C(=C\c3ccc(OC(C)C(=O)O)cc3)C2=O)cc1C. The van der Waals surface area contributed by atoms with Gasteiger partial charge in [-0.25, -0.2) is 14.5 Å². The third kappa shape index (κ3) is 4.22. The van der Waals surface area contributed by atoms with Crippen LogP contribution in [0.3, 0.4) is 0 Å². The van der Waals surface area contributed by atoms with Gasteiger partial charge in [0.15, 0.2) is 6.10 Å². The zero-order chi connectivity index (χ0) is 22.0. The Labute approximate surface area is 172 Å². The maximum Gasteiger partial charge on any atom is 0.344 e. The summed E-state index contributed by atoms with van der Waals surface area (Å²) < 4.78 is 5.25. The van der Waals surface area contributed by atoms with E-state index in [1.165, 1.54) is 25.1 Å². The largest absolute Gasteiger partial charge is 0.479 e. The van der Waals surface area contributed by atoms with Crippen LogP contribution in [0, 0.1) is 13.8 Å². The molecule has 8 heteroatoms. The van der Waals surface area contributed by atoms with Crippen molar-refractivity contribution in [1.29, 1.82) is 0 Å². The van der Waals surface area contributed by atoms with E-state index in [0.29, 0.717) is 17.0 Å². The van der Waals surface area contributed by atoms with Crippen molar-refractivity contribution >= 4 is 35.6 Å². The zero-order valence-corrected chi connectivity index (χ0v) is 16.6. The number of hydrogen-bond acceptors (Lipinski definition) is 5. The van der Waals surface area contributed by atoms with Gasteiger partial charge >= 0.3 is 12.0 Å². The molecule has 30 heavy (non-hydrogen) atoms. The van der Waals surface area contributed by atoms with Crippen molar-refractivity contribution < 1.29 is 29.0 Å². The number of barbiturate groups is 1. The molecule has 0 aliphatic carbocycles. The lowest BCUT2D eigenvalue weighted by Gasteiger charge is -2.26. The van der Waals surface area contributed by atoms with Crippen LogP contribution in [-0.2, 0) is 14.4 Å². The number of carboxylic acid groups (broad SMARTS) is 1. The summed E-state index contributed by atoms with van der Waals surface area (Å²) in [4.78, 5) is 49.3. The highest BCUT2D eigenvalue weighted by Gasteiger charge is 2.36. The molecule has 0 radical (unpaired) electrons. The molecule has 8 nitrogen and oxygen atoms in total. The molecular formula is C22H20N2O6. The summed E-state index contributed by atoms with van der Waals surface area (Å²) in [6, 6.07) is 10.5. The summed E-state index contributed by atoms with van der Waals surface area (Å²) >= 11 is 0. The number of rotatable bonds is 5. The van der Waals surface area contributed by atoms with Crippen LogP contribution >= 0.6 is 0 Å². The van der Waals surface area contributed by atoms with E-state index in [-0.39, 0.29) is 5.57 Å². The number of benzene rings is 2. The van der Waals surface area contributed by atoms with Crippen molar-refractivity contribution in [2.24, 2.45) is 0 Å². The average Bonchev–Trinajstić information content (AvgIpc) is 2.69. The number of urea groups is 1. The minimum absolute atomic E-state index is 0.194. The summed E-state index contributed by atoms with van der Waals surface area (Å²) in [5, 5.41) is 11.1. The number of imide groups is 2. The number of carbonyl (C=O) groups excluding carboxylic acids is 3. The van der Waals surface area contributed by atoms with E-state index in [1.807, 2.05) is 13.8 Å². The fraction of sp³-hybridized carbons (Fsp3) is 0.182. The standard InChI is InChI=1S/C22H20N2O6/c1-12-4-7-16(10-13(12)2)24-20(26)18(19(25)23-22(24)29)11-15-5-8-17(9-6-15)30-14(3)21(27)28/h4-11,14H,1-3H3,(H,27,28)(H,23,25,29)/b18-11+. The molecule has 1 atom stereocenters. The van der Waals surface area contributed by atoms with Crippen LogP contribution in [0.2, 0.25) is 0 Å². The lowest BCUT2D eigenvalue weighted by atomic mass is 10.1. The molecule has 1 unspecified atom stereocenters. The number of aliphatic carboxylic acids is 1. The fourth-order valence-corrected chi connectivity index (χ4v) is 2.82. The van der Waals surface area contributed by atoms with Gasteiger partial charge in [-0.3, -0.25) is 14.9 Å². The molecule has 154 valence electrons.